The maximum atomic E-state index is 10.9. The normalized spacial score (nSPS) is 10.1. The molecular formula is C11H14O4. The summed E-state index contributed by atoms with van der Waals surface area (Å²) >= 11 is 0. The molecule has 0 atom stereocenters. The third-order valence-corrected chi connectivity index (χ3v) is 2.04. The van der Waals surface area contributed by atoms with Crippen LogP contribution in [0, 0.1) is 6.92 Å². The topological polar surface area (TPSA) is 66.8 Å². The quantitative estimate of drug-likeness (QED) is 0.791. The molecule has 0 aliphatic rings. The van der Waals surface area contributed by atoms with Gasteiger partial charge in [0.1, 0.15) is 5.75 Å². The van der Waals surface area contributed by atoms with Crippen LogP contribution >= 0.6 is 0 Å². The largest absolute Gasteiger partial charge is 0.493 e. The van der Waals surface area contributed by atoms with E-state index in [0.29, 0.717) is 17.9 Å². The molecular weight excluding hydrogens is 196 g/mol. The van der Waals surface area contributed by atoms with E-state index in [2.05, 4.69) is 0 Å². The molecule has 0 heterocycles. The zero-order chi connectivity index (χ0) is 11.4. The lowest BCUT2D eigenvalue weighted by Gasteiger charge is -2.12. The van der Waals surface area contributed by atoms with Crippen molar-refractivity contribution >= 4 is 5.97 Å². The SMILES string of the molecule is CCOc1cc(C)cc(C(=O)O)c1CO. The van der Waals surface area contributed by atoms with E-state index in [1.165, 1.54) is 6.07 Å². The summed E-state index contributed by atoms with van der Waals surface area (Å²) in [6, 6.07) is 3.25. The number of aryl methyl sites for hydroxylation is 1. The molecule has 0 saturated carbocycles. The first-order valence-corrected chi connectivity index (χ1v) is 4.70. The number of aliphatic hydroxyl groups excluding tert-OH is 1. The van der Waals surface area contributed by atoms with Gasteiger partial charge >= 0.3 is 5.97 Å². The molecule has 0 fully saturated rings. The van der Waals surface area contributed by atoms with Crippen molar-refractivity contribution in [2.24, 2.45) is 0 Å². The van der Waals surface area contributed by atoms with E-state index < -0.39 is 5.97 Å². The van der Waals surface area contributed by atoms with Crippen molar-refractivity contribution in [2.75, 3.05) is 6.61 Å². The van der Waals surface area contributed by atoms with Gasteiger partial charge in [-0.3, -0.25) is 0 Å². The van der Waals surface area contributed by atoms with Crippen LogP contribution in [-0.2, 0) is 6.61 Å². The molecule has 4 heteroatoms. The maximum absolute atomic E-state index is 10.9. The van der Waals surface area contributed by atoms with Crippen molar-refractivity contribution in [2.45, 2.75) is 20.5 Å². The van der Waals surface area contributed by atoms with Crippen molar-refractivity contribution in [3.05, 3.63) is 28.8 Å². The Bertz CT molecular complexity index is 371. The Balaban J connectivity index is 3.31. The predicted octanol–water partition coefficient (Wildman–Crippen LogP) is 1.58. The number of carboxylic acid groups (broad SMARTS) is 1. The summed E-state index contributed by atoms with van der Waals surface area (Å²) in [5.41, 5.74) is 1.23. The number of ether oxygens (including phenoxy) is 1. The summed E-state index contributed by atoms with van der Waals surface area (Å²) in [7, 11) is 0. The zero-order valence-electron chi connectivity index (χ0n) is 8.78. The highest BCUT2D eigenvalue weighted by atomic mass is 16.5. The van der Waals surface area contributed by atoms with Gasteiger partial charge in [-0.25, -0.2) is 4.79 Å². The monoisotopic (exact) mass is 210 g/mol. The molecule has 82 valence electrons. The minimum absolute atomic E-state index is 0.0981. The van der Waals surface area contributed by atoms with Crippen LogP contribution in [0.25, 0.3) is 0 Å². The fourth-order valence-corrected chi connectivity index (χ4v) is 1.42. The third-order valence-electron chi connectivity index (χ3n) is 2.04. The Hall–Kier alpha value is -1.55. The number of benzene rings is 1. The van der Waals surface area contributed by atoms with Crippen LogP contribution < -0.4 is 4.74 Å². The van der Waals surface area contributed by atoms with Gasteiger partial charge in [-0.2, -0.15) is 0 Å². The standard InChI is InChI=1S/C11H14O4/c1-3-15-10-5-7(2)4-8(11(13)14)9(10)6-12/h4-5,12H,3,6H2,1-2H3,(H,13,14). The number of carboxylic acids is 1. The van der Waals surface area contributed by atoms with Crippen LogP contribution in [-0.4, -0.2) is 22.8 Å². The van der Waals surface area contributed by atoms with E-state index >= 15 is 0 Å². The van der Waals surface area contributed by atoms with Crippen molar-refractivity contribution in [3.8, 4) is 5.75 Å². The Morgan fingerprint density at radius 1 is 1.47 bits per heavy atom. The molecule has 0 radical (unpaired) electrons. The molecule has 0 aliphatic carbocycles. The lowest BCUT2D eigenvalue weighted by atomic mass is 10.0. The number of hydrogen-bond acceptors (Lipinski definition) is 3. The van der Waals surface area contributed by atoms with Crippen LogP contribution in [0.3, 0.4) is 0 Å². The second-order valence-electron chi connectivity index (χ2n) is 3.19. The van der Waals surface area contributed by atoms with Crippen molar-refractivity contribution in [1.82, 2.24) is 0 Å². The van der Waals surface area contributed by atoms with E-state index in [9.17, 15) is 4.79 Å². The van der Waals surface area contributed by atoms with Crippen molar-refractivity contribution < 1.29 is 19.7 Å². The smallest absolute Gasteiger partial charge is 0.336 e. The zero-order valence-corrected chi connectivity index (χ0v) is 8.78. The highest BCUT2D eigenvalue weighted by Gasteiger charge is 2.15. The van der Waals surface area contributed by atoms with Crippen molar-refractivity contribution in [1.29, 1.82) is 0 Å². The van der Waals surface area contributed by atoms with Crippen LogP contribution in [0.15, 0.2) is 12.1 Å². The molecule has 2 N–H and O–H groups in total. The summed E-state index contributed by atoms with van der Waals surface area (Å²) in [5.74, 6) is -0.610. The molecule has 4 nitrogen and oxygen atoms in total. The number of hydrogen-bond donors (Lipinski definition) is 2. The average Bonchev–Trinajstić information content (AvgIpc) is 2.17. The molecule has 1 aromatic rings. The first-order valence-electron chi connectivity index (χ1n) is 4.70. The number of rotatable bonds is 4. The second kappa shape index (κ2) is 4.79. The average molecular weight is 210 g/mol. The molecule has 0 unspecified atom stereocenters. The molecule has 0 aliphatic heterocycles. The highest BCUT2D eigenvalue weighted by Crippen LogP contribution is 2.25. The van der Waals surface area contributed by atoms with Gasteiger partial charge in [-0.15, -0.1) is 0 Å². The van der Waals surface area contributed by atoms with Gasteiger partial charge in [0.05, 0.1) is 18.8 Å². The molecule has 1 aromatic carbocycles. The molecule has 0 saturated heterocycles. The number of aliphatic hydroxyl groups is 1. The Kier molecular flexibility index (Phi) is 3.68. The van der Waals surface area contributed by atoms with Crippen LogP contribution in [0.2, 0.25) is 0 Å². The molecule has 1 rings (SSSR count). The van der Waals surface area contributed by atoms with Gasteiger partial charge in [0.2, 0.25) is 0 Å². The fraction of sp³-hybridized carbons (Fsp3) is 0.364. The predicted molar refractivity (Wildman–Crippen MR) is 55.2 cm³/mol. The molecule has 0 spiro atoms. The van der Waals surface area contributed by atoms with Crippen LogP contribution in [0.4, 0.5) is 0 Å². The summed E-state index contributed by atoms with van der Waals surface area (Å²) in [5, 5.41) is 18.1. The molecule has 0 aromatic heterocycles. The first-order chi connectivity index (χ1) is 7.10. The van der Waals surface area contributed by atoms with Gasteiger partial charge < -0.3 is 14.9 Å². The van der Waals surface area contributed by atoms with E-state index in [-0.39, 0.29) is 12.2 Å². The Morgan fingerprint density at radius 3 is 2.60 bits per heavy atom. The van der Waals surface area contributed by atoms with Gasteiger partial charge in [0.15, 0.2) is 0 Å². The Morgan fingerprint density at radius 2 is 2.13 bits per heavy atom. The van der Waals surface area contributed by atoms with E-state index in [1.807, 2.05) is 6.92 Å². The van der Waals surface area contributed by atoms with Gasteiger partial charge in [0, 0.05) is 5.56 Å². The van der Waals surface area contributed by atoms with E-state index in [4.69, 9.17) is 14.9 Å². The number of aromatic carboxylic acids is 1. The lowest BCUT2D eigenvalue weighted by molar-refractivity contribution is 0.0692. The summed E-state index contributed by atoms with van der Waals surface area (Å²) < 4.78 is 5.28. The van der Waals surface area contributed by atoms with Crippen LogP contribution in [0.1, 0.15) is 28.4 Å². The second-order valence-corrected chi connectivity index (χ2v) is 3.19. The summed E-state index contributed by atoms with van der Waals surface area (Å²) in [4.78, 5) is 10.9. The van der Waals surface area contributed by atoms with E-state index in [0.717, 1.165) is 5.56 Å². The number of carbonyl (C=O) groups is 1. The summed E-state index contributed by atoms with van der Waals surface area (Å²) in [6.45, 7) is 3.70. The summed E-state index contributed by atoms with van der Waals surface area (Å²) in [6.07, 6.45) is 0. The third kappa shape index (κ3) is 2.47. The van der Waals surface area contributed by atoms with Gasteiger partial charge in [0.25, 0.3) is 0 Å². The lowest BCUT2D eigenvalue weighted by Crippen LogP contribution is -2.06. The highest BCUT2D eigenvalue weighted by molar-refractivity contribution is 5.90. The minimum atomic E-state index is -1.05. The minimum Gasteiger partial charge on any atom is -0.493 e. The molecule has 0 amide bonds. The maximum Gasteiger partial charge on any atom is 0.336 e. The Labute approximate surface area is 88.1 Å². The molecule has 0 bridgehead atoms. The first kappa shape index (κ1) is 11.5. The fourth-order valence-electron chi connectivity index (χ4n) is 1.42. The molecule has 15 heavy (non-hydrogen) atoms. The van der Waals surface area contributed by atoms with Crippen molar-refractivity contribution in [3.63, 3.8) is 0 Å². The van der Waals surface area contributed by atoms with Gasteiger partial charge in [-0.05, 0) is 31.5 Å². The van der Waals surface area contributed by atoms with Crippen LogP contribution in [0.5, 0.6) is 5.75 Å². The van der Waals surface area contributed by atoms with Gasteiger partial charge in [-0.1, -0.05) is 0 Å². The van der Waals surface area contributed by atoms with E-state index in [1.54, 1.807) is 13.0 Å².